The lowest BCUT2D eigenvalue weighted by molar-refractivity contribution is 0.0985. The lowest BCUT2D eigenvalue weighted by Crippen LogP contribution is -2.51. The summed E-state index contributed by atoms with van der Waals surface area (Å²) < 4.78 is 0. The molecule has 0 aliphatic carbocycles. The molecule has 1 aliphatic heterocycles. The second-order valence-corrected chi connectivity index (χ2v) is 3.37. The molecule has 0 spiro atoms. The van der Waals surface area contributed by atoms with Gasteiger partial charge >= 0.3 is 0 Å². The Morgan fingerprint density at radius 3 is 2.75 bits per heavy atom. The average molecular weight is 167 g/mol. The van der Waals surface area contributed by atoms with Crippen molar-refractivity contribution >= 4 is 0 Å². The lowest BCUT2D eigenvalue weighted by Gasteiger charge is -2.38. The van der Waals surface area contributed by atoms with Crippen LogP contribution in [0.25, 0.3) is 0 Å². The fourth-order valence-corrected chi connectivity index (χ4v) is 1.68. The zero-order chi connectivity index (χ0) is 8.97. The Morgan fingerprint density at radius 2 is 2.25 bits per heavy atom. The molecule has 3 nitrogen and oxygen atoms in total. The molecule has 0 aromatic heterocycles. The molecule has 0 bridgehead atoms. The first-order valence-electron chi connectivity index (χ1n) is 4.61. The maximum Gasteiger partial charge on any atom is 0.0869 e. The fourth-order valence-electron chi connectivity index (χ4n) is 1.68. The van der Waals surface area contributed by atoms with Crippen LogP contribution in [0.15, 0.2) is 0 Å². The van der Waals surface area contributed by atoms with Crippen LogP contribution in [0.5, 0.6) is 0 Å². The number of nitriles is 1. The molecule has 12 heavy (non-hydrogen) atoms. The Labute approximate surface area is 74.6 Å². The molecule has 1 atom stereocenters. The Kier molecular flexibility index (Phi) is 3.51. The van der Waals surface area contributed by atoms with Gasteiger partial charge in [0, 0.05) is 25.7 Å². The Morgan fingerprint density at radius 1 is 1.50 bits per heavy atom. The van der Waals surface area contributed by atoms with Gasteiger partial charge in [0.15, 0.2) is 0 Å². The maximum absolute atomic E-state index is 8.55. The minimum Gasteiger partial charge on any atom is -0.301 e. The van der Waals surface area contributed by atoms with Crippen molar-refractivity contribution in [3.63, 3.8) is 0 Å². The van der Waals surface area contributed by atoms with E-state index in [0.29, 0.717) is 12.6 Å². The molecule has 68 valence electrons. The zero-order valence-electron chi connectivity index (χ0n) is 7.95. The molecule has 1 aliphatic rings. The van der Waals surface area contributed by atoms with E-state index in [4.69, 9.17) is 5.26 Å². The van der Waals surface area contributed by atoms with E-state index < -0.39 is 0 Å². The van der Waals surface area contributed by atoms with Crippen LogP contribution < -0.4 is 0 Å². The molecule has 3 heteroatoms. The zero-order valence-corrected chi connectivity index (χ0v) is 7.95. The van der Waals surface area contributed by atoms with Crippen molar-refractivity contribution in [3.05, 3.63) is 0 Å². The number of hydrogen-bond acceptors (Lipinski definition) is 3. The summed E-state index contributed by atoms with van der Waals surface area (Å²) in [6.45, 7) is 9.36. The molecule has 0 aromatic carbocycles. The van der Waals surface area contributed by atoms with Gasteiger partial charge in [-0.25, -0.2) is 0 Å². The van der Waals surface area contributed by atoms with E-state index in [2.05, 4.69) is 29.7 Å². The number of nitrogens with zero attached hydrogens (tertiary/aromatic N) is 3. The Bertz CT molecular complexity index is 173. The van der Waals surface area contributed by atoms with E-state index in [-0.39, 0.29) is 0 Å². The van der Waals surface area contributed by atoms with Gasteiger partial charge in [-0.1, -0.05) is 6.92 Å². The highest BCUT2D eigenvalue weighted by Crippen LogP contribution is 2.07. The van der Waals surface area contributed by atoms with Gasteiger partial charge in [-0.05, 0) is 13.5 Å². The Balaban J connectivity index is 2.38. The largest absolute Gasteiger partial charge is 0.301 e. The van der Waals surface area contributed by atoms with E-state index in [1.54, 1.807) is 0 Å². The summed E-state index contributed by atoms with van der Waals surface area (Å²) in [6, 6.07) is 2.75. The number of piperazine rings is 1. The third-order valence-electron chi connectivity index (χ3n) is 2.57. The van der Waals surface area contributed by atoms with Crippen LogP contribution in [0.4, 0.5) is 0 Å². The number of hydrogen-bond donors (Lipinski definition) is 0. The van der Waals surface area contributed by atoms with Crippen molar-refractivity contribution in [2.24, 2.45) is 0 Å². The summed E-state index contributed by atoms with van der Waals surface area (Å²) >= 11 is 0. The van der Waals surface area contributed by atoms with Gasteiger partial charge in [0.2, 0.25) is 0 Å². The summed E-state index contributed by atoms with van der Waals surface area (Å²) in [7, 11) is 0. The predicted molar refractivity (Wildman–Crippen MR) is 48.8 cm³/mol. The molecule has 0 unspecified atom stereocenters. The quantitative estimate of drug-likeness (QED) is 0.562. The highest BCUT2D eigenvalue weighted by molar-refractivity contribution is 4.85. The second-order valence-electron chi connectivity index (χ2n) is 3.37. The molecule has 0 aromatic rings. The highest BCUT2D eigenvalue weighted by atomic mass is 15.3. The molecule has 1 saturated heterocycles. The second kappa shape index (κ2) is 4.44. The van der Waals surface area contributed by atoms with Crippen LogP contribution >= 0.6 is 0 Å². The molecule has 1 heterocycles. The first kappa shape index (κ1) is 9.50. The van der Waals surface area contributed by atoms with Crippen molar-refractivity contribution < 1.29 is 0 Å². The van der Waals surface area contributed by atoms with Gasteiger partial charge in [-0.15, -0.1) is 0 Å². The Hall–Kier alpha value is -0.590. The number of rotatable bonds is 2. The molecule has 1 rings (SSSR count). The normalized spacial score (nSPS) is 26.9. The van der Waals surface area contributed by atoms with Crippen molar-refractivity contribution in [1.29, 1.82) is 5.26 Å². The SMILES string of the molecule is CCN1CCN(CC#N)[C@@H](C)C1. The third-order valence-corrected chi connectivity index (χ3v) is 2.57. The molecular weight excluding hydrogens is 150 g/mol. The van der Waals surface area contributed by atoms with Gasteiger partial charge < -0.3 is 4.90 Å². The predicted octanol–water partition coefficient (Wildman–Crippen LogP) is 0.536. The van der Waals surface area contributed by atoms with E-state index in [0.717, 1.165) is 26.2 Å². The van der Waals surface area contributed by atoms with Crippen LogP contribution in [-0.2, 0) is 0 Å². The van der Waals surface area contributed by atoms with Gasteiger partial charge in [0.25, 0.3) is 0 Å². The smallest absolute Gasteiger partial charge is 0.0869 e. The number of likely N-dealkylation sites (N-methyl/N-ethyl adjacent to an activating group) is 1. The minimum atomic E-state index is 0.540. The van der Waals surface area contributed by atoms with Crippen molar-refractivity contribution in [2.75, 3.05) is 32.7 Å². The lowest BCUT2D eigenvalue weighted by atomic mass is 10.2. The van der Waals surface area contributed by atoms with Crippen LogP contribution in [0.3, 0.4) is 0 Å². The van der Waals surface area contributed by atoms with Crippen molar-refractivity contribution in [2.45, 2.75) is 19.9 Å². The van der Waals surface area contributed by atoms with Crippen LogP contribution in [0.2, 0.25) is 0 Å². The molecule has 0 N–H and O–H groups in total. The van der Waals surface area contributed by atoms with Crippen LogP contribution in [0.1, 0.15) is 13.8 Å². The van der Waals surface area contributed by atoms with E-state index in [1.807, 2.05) is 0 Å². The van der Waals surface area contributed by atoms with Crippen molar-refractivity contribution in [1.82, 2.24) is 9.80 Å². The molecule has 0 amide bonds. The fraction of sp³-hybridized carbons (Fsp3) is 0.889. The first-order chi connectivity index (χ1) is 5.77. The summed E-state index contributed by atoms with van der Waals surface area (Å²) in [5.74, 6) is 0. The van der Waals surface area contributed by atoms with E-state index in [1.165, 1.54) is 0 Å². The minimum absolute atomic E-state index is 0.540. The van der Waals surface area contributed by atoms with E-state index in [9.17, 15) is 0 Å². The molecule has 0 saturated carbocycles. The highest BCUT2D eigenvalue weighted by Gasteiger charge is 2.21. The van der Waals surface area contributed by atoms with Gasteiger partial charge in [0.1, 0.15) is 0 Å². The maximum atomic E-state index is 8.55. The standard InChI is InChI=1S/C9H17N3/c1-3-11-6-7-12(5-4-10)9(2)8-11/h9H,3,5-8H2,1-2H3/t9-/m0/s1. The van der Waals surface area contributed by atoms with Crippen LogP contribution in [-0.4, -0.2) is 48.6 Å². The molecule has 0 radical (unpaired) electrons. The third kappa shape index (κ3) is 2.20. The van der Waals surface area contributed by atoms with Gasteiger partial charge in [0.05, 0.1) is 12.6 Å². The summed E-state index contributed by atoms with van der Waals surface area (Å²) in [6.07, 6.45) is 0. The summed E-state index contributed by atoms with van der Waals surface area (Å²) in [4.78, 5) is 4.67. The van der Waals surface area contributed by atoms with Crippen molar-refractivity contribution in [3.8, 4) is 6.07 Å². The van der Waals surface area contributed by atoms with Crippen LogP contribution in [0, 0.1) is 11.3 Å². The molecular formula is C9H17N3. The summed E-state index contributed by atoms with van der Waals surface area (Å²) in [5, 5.41) is 8.55. The summed E-state index contributed by atoms with van der Waals surface area (Å²) in [5.41, 5.74) is 0. The average Bonchev–Trinajstić information content (AvgIpc) is 2.09. The van der Waals surface area contributed by atoms with E-state index >= 15 is 0 Å². The monoisotopic (exact) mass is 167 g/mol. The topological polar surface area (TPSA) is 30.3 Å². The first-order valence-corrected chi connectivity index (χ1v) is 4.61. The molecule has 1 fully saturated rings. The van der Waals surface area contributed by atoms with Gasteiger partial charge in [-0.2, -0.15) is 5.26 Å². The van der Waals surface area contributed by atoms with Gasteiger partial charge in [-0.3, -0.25) is 4.90 Å².